The SMILES string of the molecule is CCCCCNC(=O)CCOCC(C)(CC)OCCC(C)(C)OCCN. The minimum absolute atomic E-state index is 0.0547. The molecule has 0 aromatic carbocycles. The number of amides is 1. The molecule has 0 aliphatic heterocycles. The fourth-order valence-electron chi connectivity index (χ4n) is 2.34. The van der Waals surface area contributed by atoms with Crippen molar-refractivity contribution in [2.45, 2.75) is 84.3 Å². The molecule has 0 bridgehead atoms. The Morgan fingerprint density at radius 1 is 1.04 bits per heavy atom. The second-order valence-electron chi connectivity index (χ2n) is 7.66. The highest BCUT2D eigenvalue weighted by Crippen LogP contribution is 2.20. The molecule has 0 fully saturated rings. The standard InChI is InChI=1S/C20H42N2O4/c1-6-8-9-13-22-18(23)10-14-24-17-20(5,7-2)26-15-11-19(3,4)25-16-12-21/h6-17,21H2,1-5H3,(H,22,23). The van der Waals surface area contributed by atoms with Crippen LogP contribution in [0.25, 0.3) is 0 Å². The van der Waals surface area contributed by atoms with Crippen molar-refractivity contribution in [1.29, 1.82) is 0 Å². The van der Waals surface area contributed by atoms with Gasteiger partial charge >= 0.3 is 0 Å². The van der Waals surface area contributed by atoms with Crippen LogP contribution in [0, 0.1) is 0 Å². The van der Waals surface area contributed by atoms with E-state index < -0.39 is 0 Å². The van der Waals surface area contributed by atoms with Crippen LogP contribution in [0.2, 0.25) is 0 Å². The van der Waals surface area contributed by atoms with E-state index in [1.165, 1.54) is 0 Å². The number of carbonyl (C=O) groups excluding carboxylic acids is 1. The Morgan fingerprint density at radius 2 is 1.77 bits per heavy atom. The molecule has 0 aromatic rings. The van der Waals surface area contributed by atoms with Gasteiger partial charge in [0.25, 0.3) is 0 Å². The minimum Gasteiger partial charge on any atom is -0.378 e. The Balaban J connectivity index is 3.95. The average molecular weight is 375 g/mol. The summed E-state index contributed by atoms with van der Waals surface area (Å²) in [6.45, 7) is 13.7. The third-order valence-corrected chi connectivity index (χ3v) is 4.50. The molecule has 156 valence electrons. The van der Waals surface area contributed by atoms with Gasteiger partial charge in [-0.3, -0.25) is 4.79 Å². The van der Waals surface area contributed by atoms with E-state index in [1.54, 1.807) is 0 Å². The molecular weight excluding hydrogens is 332 g/mol. The molecule has 1 amide bonds. The first-order valence-electron chi connectivity index (χ1n) is 10.1. The summed E-state index contributed by atoms with van der Waals surface area (Å²) in [6, 6.07) is 0. The zero-order valence-corrected chi connectivity index (χ0v) is 17.7. The van der Waals surface area contributed by atoms with E-state index in [4.69, 9.17) is 19.9 Å². The summed E-state index contributed by atoms with van der Waals surface area (Å²) in [6.07, 6.45) is 5.38. The molecule has 0 heterocycles. The average Bonchev–Trinajstić information content (AvgIpc) is 2.60. The smallest absolute Gasteiger partial charge is 0.222 e. The number of hydrogen-bond donors (Lipinski definition) is 2. The Labute approximate surface area is 160 Å². The van der Waals surface area contributed by atoms with Crippen LogP contribution < -0.4 is 11.1 Å². The van der Waals surface area contributed by atoms with Crippen LogP contribution in [0.3, 0.4) is 0 Å². The number of unbranched alkanes of at least 4 members (excludes halogenated alkanes) is 2. The maximum Gasteiger partial charge on any atom is 0.222 e. The van der Waals surface area contributed by atoms with Crippen molar-refractivity contribution >= 4 is 5.91 Å². The molecule has 0 saturated carbocycles. The summed E-state index contributed by atoms with van der Waals surface area (Å²) in [5.74, 6) is 0.0547. The number of nitrogens with two attached hydrogens (primary N) is 1. The molecule has 1 atom stereocenters. The van der Waals surface area contributed by atoms with Crippen molar-refractivity contribution in [2.75, 3.05) is 39.5 Å². The van der Waals surface area contributed by atoms with Crippen LogP contribution >= 0.6 is 0 Å². The molecule has 0 radical (unpaired) electrons. The zero-order valence-electron chi connectivity index (χ0n) is 17.7. The lowest BCUT2D eigenvalue weighted by molar-refractivity contribution is -0.125. The summed E-state index contributed by atoms with van der Waals surface area (Å²) < 4.78 is 17.5. The minimum atomic E-state index is -0.346. The van der Waals surface area contributed by atoms with E-state index in [0.717, 1.165) is 38.6 Å². The van der Waals surface area contributed by atoms with E-state index in [1.807, 2.05) is 20.8 Å². The molecule has 0 rings (SSSR count). The normalized spacial score (nSPS) is 14.2. The molecular formula is C20H42N2O4. The number of hydrogen-bond acceptors (Lipinski definition) is 5. The molecule has 3 N–H and O–H groups in total. The third kappa shape index (κ3) is 13.5. The fraction of sp³-hybridized carbons (Fsp3) is 0.950. The lowest BCUT2D eigenvalue weighted by atomic mass is 10.0. The summed E-state index contributed by atoms with van der Waals surface area (Å²) in [5, 5.41) is 2.92. The number of ether oxygens (including phenoxy) is 3. The van der Waals surface area contributed by atoms with Crippen molar-refractivity contribution in [2.24, 2.45) is 5.73 Å². The highest BCUT2D eigenvalue weighted by Gasteiger charge is 2.25. The van der Waals surface area contributed by atoms with Gasteiger partial charge in [-0.15, -0.1) is 0 Å². The maximum absolute atomic E-state index is 11.7. The van der Waals surface area contributed by atoms with Gasteiger partial charge in [-0.1, -0.05) is 26.7 Å². The molecule has 0 saturated heterocycles. The van der Waals surface area contributed by atoms with Gasteiger partial charge in [-0.05, 0) is 40.0 Å². The Bertz CT molecular complexity index is 364. The molecule has 0 aliphatic rings. The zero-order chi connectivity index (χ0) is 19.9. The van der Waals surface area contributed by atoms with Crippen LogP contribution in [-0.2, 0) is 19.0 Å². The number of carbonyl (C=O) groups is 1. The molecule has 0 spiro atoms. The van der Waals surface area contributed by atoms with Gasteiger partial charge in [0.15, 0.2) is 0 Å². The van der Waals surface area contributed by atoms with Crippen LogP contribution in [0.5, 0.6) is 0 Å². The summed E-state index contributed by atoms with van der Waals surface area (Å²) >= 11 is 0. The molecule has 6 nitrogen and oxygen atoms in total. The highest BCUT2D eigenvalue weighted by atomic mass is 16.5. The number of rotatable bonds is 17. The third-order valence-electron chi connectivity index (χ3n) is 4.50. The molecule has 26 heavy (non-hydrogen) atoms. The van der Waals surface area contributed by atoms with Crippen LogP contribution in [0.1, 0.15) is 73.1 Å². The first kappa shape index (κ1) is 25.3. The Hall–Kier alpha value is -0.690. The molecule has 0 aliphatic carbocycles. The largest absolute Gasteiger partial charge is 0.378 e. The first-order valence-corrected chi connectivity index (χ1v) is 10.1. The predicted octanol–water partition coefficient (Wildman–Crippen LogP) is 3.03. The van der Waals surface area contributed by atoms with E-state index in [0.29, 0.717) is 39.4 Å². The quantitative estimate of drug-likeness (QED) is 0.382. The van der Waals surface area contributed by atoms with E-state index in [9.17, 15) is 4.79 Å². The summed E-state index contributed by atoms with van der Waals surface area (Å²) in [7, 11) is 0. The summed E-state index contributed by atoms with van der Waals surface area (Å²) in [4.78, 5) is 11.7. The predicted molar refractivity (Wildman–Crippen MR) is 106 cm³/mol. The van der Waals surface area contributed by atoms with E-state index in [-0.39, 0.29) is 17.1 Å². The summed E-state index contributed by atoms with van der Waals surface area (Å²) in [5.41, 5.74) is 4.89. The highest BCUT2D eigenvalue weighted by molar-refractivity contribution is 5.75. The van der Waals surface area contributed by atoms with Crippen molar-refractivity contribution < 1.29 is 19.0 Å². The topological polar surface area (TPSA) is 82.8 Å². The van der Waals surface area contributed by atoms with Gasteiger partial charge < -0.3 is 25.3 Å². The Morgan fingerprint density at radius 3 is 2.38 bits per heavy atom. The second-order valence-corrected chi connectivity index (χ2v) is 7.66. The lowest BCUT2D eigenvalue weighted by Crippen LogP contribution is -2.37. The van der Waals surface area contributed by atoms with E-state index in [2.05, 4.69) is 19.2 Å². The van der Waals surface area contributed by atoms with Gasteiger partial charge in [-0.25, -0.2) is 0 Å². The maximum atomic E-state index is 11.7. The monoisotopic (exact) mass is 374 g/mol. The van der Waals surface area contributed by atoms with Gasteiger partial charge in [0, 0.05) is 19.5 Å². The lowest BCUT2D eigenvalue weighted by Gasteiger charge is -2.31. The second kappa shape index (κ2) is 14.4. The van der Waals surface area contributed by atoms with Crippen molar-refractivity contribution in [1.82, 2.24) is 5.32 Å². The van der Waals surface area contributed by atoms with Crippen LogP contribution in [0.4, 0.5) is 0 Å². The van der Waals surface area contributed by atoms with Crippen LogP contribution in [0.15, 0.2) is 0 Å². The number of nitrogens with one attached hydrogen (secondary N) is 1. The molecule has 0 aromatic heterocycles. The Kier molecular flexibility index (Phi) is 14.0. The van der Waals surface area contributed by atoms with Crippen molar-refractivity contribution in [3.8, 4) is 0 Å². The fourth-order valence-corrected chi connectivity index (χ4v) is 2.34. The van der Waals surface area contributed by atoms with Crippen LogP contribution in [-0.4, -0.2) is 56.6 Å². The van der Waals surface area contributed by atoms with Crippen molar-refractivity contribution in [3.63, 3.8) is 0 Å². The van der Waals surface area contributed by atoms with Gasteiger partial charge in [0.05, 0.1) is 37.6 Å². The first-order chi connectivity index (χ1) is 12.3. The molecule has 6 heteroatoms. The van der Waals surface area contributed by atoms with Gasteiger partial charge in [0.2, 0.25) is 5.91 Å². The van der Waals surface area contributed by atoms with Gasteiger partial charge in [-0.2, -0.15) is 0 Å². The van der Waals surface area contributed by atoms with Crippen molar-refractivity contribution in [3.05, 3.63) is 0 Å². The molecule has 1 unspecified atom stereocenters. The van der Waals surface area contributed by atoms with E-state index >= 15 is 0 Å². The van der Waals surface area contributed by atoms with Gasteiger partial charge in [0.1, 0.15) is 0 Å².